The Morgan fingerprint density at radius 2 is 2.16 bits per heavy atom. The average molecular weight is 284 g/mol. The van der Waals surface area contributed by atoms with Crippen molar-refractivity contribution in [1.29, 1.82) is 0 Å². The molecule has 1 saturated heterocycles. The molecule has 19 heavy (non-hydrogen) atoms. The first-order valence-corrected chi connectivity index (χ1v) is 6.81. The van der Waals surface area contributed by atoms with Gasteiger partial charge in [0.15, 0.2) is 6.10 Å². The molecule has 3 atom stereocenters. The Labute approximate surface area is 117 Å². The normalized spacial score (nSPS) is 24.3. The summed E-state index contributed by atoms with van der Waals surface area (Å²) >= 11 is 5.85. The number of ether oxygens (including phenoxy) is 1. The Kier molecular flexibility index (Phi) is 4.80. The molecule has 2 N–H and O–H groups in total. The lowest BCUT2D eigenvalue weighted by Gasteiger charge is -2.18. The number of rotatable bonds is 5. The van der Waals surface area contributed by atoms with Gasteiger partial charge in [0.2, 0.25) is 0 Å². The molecule has 1 heterocycles. The van der Waals surface area contributed by atoms with E-state index in [1.807, 2.05) is 24.3 Å². The van der Waals surface area contributed by atoms with Gasteiger partial charge >= 0.3 is 5.97 Å². The fourth-order valence-electron chi connectivity index (χ4n) is 2.22. The van der Waals surface area contributed by atoms with Crippen LogP contribution in [-0.4, -0.2) is 29.8 Å². The molecule has 4 nitrogen and oxygen atoms in total. The Balaban J connectivity index is 1.79. The number of aliphatic carboxylic acids is 1. The van der Waals surface area contributed by atoms with Crippen LogP contribution in [0.15, 0.2) is 24.3 Å². The zero-order valence-electron chi connectivity index (χ0n) is 10.8. The molecule has 2 unspecified atom stereocenters. The molecule has 104 valence electrons. The Bertz CT molecular complexity index is 435. The van der Waals surface area contributed by atoms with Crippen molar-refractivity contribution in [2.24, 2.45) is 0 Å². The van der Waals surface area contributed by atoms with Crippen LogP contribution in [0.2, 0.25) is 5.02 Å². The van der Waals surface area contributed by atoms with Gasteiger partial charge in [-0.25, -0.2) is 4.79 Å². The molecule has 0 radical (unpaired) electrons. The van der Waals surface area contributed by atoms with Crippen LogP contribution < -0.4 is 5.32 Å². The highest BCUT2D eigenvalue weighted by Crippen LogP contribution is 2.21. The second kappa shape index (κ2) is 6.37. The fourth-order valence-corrected chi connectivity index (χ4v) is 2.34. The number of carboxylic acids is 1. The van der Waals surface area contributed by atoms with E-state index in [0.717, 1.165) is 17.0 Å². The van der Waals surface area contributed by atoms with Crippen molar-refractivity contribution >= 4 is 17.6 Å². The van der Waals surface area contributed by atoms with E-state index in [1.165, 1.54) is 0 Å². The molecule has 0 aromatic heterocycles. The Morgan fingerprint density at radius 1 is 1.47 bits per heavy atom. The van der Waals surface area contributed by atoms with Crippen molar-refractivity contribution in [3.05, 3.63) is 34.9 Å². The summed E-state index contributed by atoms with van der Waals surface area (Å²) in [5.74, 6) is -0.867. The van der Waals surface area contributed by atoms with Crippen molar-refractivity contribution in [3.63, 3.8) is 0 Å². The second-order valence-corrected chi connectivity index (χ2v) is 5.28. The first-order chi connectivity index (χ1) is 9.06. The summed E-state index contributed by atoms with van der Waals surface area (Å²) in [6, 6.07) is 7.87. The molecular weight excluding hydrogens is 266 g/mol. The third-order valence-electron chi connectivity index (χ3n) is 3.40. The molecular formula is C14H18ClNO3. The number of carboxylic acid groups (broad SMARTS) is 1. The molecule has 1 aromatic rings. The number of benzene rings is 1. The number of hydrogen-bond acceptors (Lipinski definition) is 3. The molecule has 5 heteroatoms. The molecule has 0 saturated carbocycles. The molecule has 2 rings (SSSR count). The highest BCUT2D eigenvalue weighted by atomic mass is 35.5. The van der Waals surface area contributed by atoms with E-state index in [0.29, 0.717) is 13.0 Å². The van der Waals surface area contributed by atoms with Crippen molar-refractivity contribution in [3.8, 4) is 0 Å². The first-order valence-electron chi connectivity index (χ1n) is 6.43. The lowest BCUT2D eigenvalue weighted by atomic mass is 10.1. The van der Waals surface area contributed by atoms with Crippen LogP contribution in [0, 0.1) is 0 Å². The highest BCUT2D eigenvalue weighted by molar-refractivity contribution is 6.30. The van der Waals surface area contributed by atoms with E-state index in [2.05, 4.69) is 12.2 Å². The third-order valence-corrected chi connectivity index (χ3v) is 3.66. The number of nitrogens with one attached hydrogen (secondary N) is 1. The lowest BCUT2D eigenvalue weighted by Crippen LogP contribution is -2.30. The number of carbonyl (C=O) groups is 1. The van der Waals surface area contributed by atoms with Crippen molar-refractivity contribution in [1.82, 2.24) is 5.32 Å². The SMILES string of the molecule is C[C@@H](NCC1CCC(C(=O)O)O1)c1ccc(Cl)cc1. The lowest BCUT2D eigenvalue weighted by molar-refractivity contribution is -0.149. The average Bonchev–Trinajstić information content (AvgIpc) is 2.86. The van der Waals surface area contributed by atoms with Gasteiger partial charge in [0.1, 0.15) is 0 Å². The Morgan fingerprint density at radius 3 is 2.74 bits per heavy atom. The van der Waals surface area contributed by atoms with Crippen molar-refractivity contribution in [2.75, 3.05) is 6.54 Å². The summed E-state index contributed by atoms with van der Waals surface area (Å²) in [6.45, 7) is 2.72. The fraction of sp³-hybridized carbons (Fsp3) is 0.500. The van der Waals surface area contributed by atoms with Gasteiger partial charge in [0, 0.05) is 17.6 Å². The van der Waals surface area contributed by atoms with E-state index >= 15 is 0 Å². The zero-order valence-corrected chi connectivity index (χ0v) is 11.6. The zero-order chi connectivity index (χ0) is 13.8. The molecule has 0 bridgehead atoms. The molecule has 0 aliphatic carbocycles. The summed E-state index contributed by atoms with van der Waals surface area (Å²) in [5.41, 5.74) is 1.15. The number of hydrogen-bond donors (Lipinski definition) is 2. The standard InChI is InChI=1S/C14H18ClNO3/c1-9(10-2-4-11(15)5-3-10)16-8-12-6-7-13(19-12)14(17)18/h2-5,9,12-13,16H,6-8H2,1H3,(H,17,18)/t9-,12?,13?/m1/s1. The van der Waals surface area contributed by atoms with E-state index in [9.17, 15) is 4.79 Å². The summed E-state index contributed by atoms with van der Waals surface area (Å²) in [6.07, 6.45) is 0.724. The maximum absolute atomic E-state index is 10.8. The summed E-state index contributed by atoms with van der Waals surface area (Å²) in [4.78, 5) is 10.8. The van der Waals surface area contributed by atoms with Crippen LogP contribution in [0.5, 0.6) is 0 Å². The maximum Gasteiger partial charge on any atom is 0.332 e. The summed E-state index contributed by atoms with van der Waals surface area (Å²) < 4.78 is 5.45. The minimum atomic E-state index is -0.867. The molecule has 1 aliphatic rings. The minimum Gasteiger partial charge on any atom is -0.479 e. The maximum atomic E-state index is 10.8. The van der Waals surface area contributed by atoms with Crippen molar-refractivity contribution < 1.29 is 14.6 Å². The van der Waals surface area contributed by atoms with Crippen molar-refractivity contribution in [2.45, 2.75) is 38.0 Å². The minimum absolute atomic E-state index is 0.0177. The number of halogens is 1. The van der Waals surface area contributed by atoms with Crippen LogP contribution in [0.1, 0.15) is 31.4 Å². The second-order valence-electron chi connectivity index (χ2n) is 4.84. The van der Waals surface area contributed by atoms with Gasteiger partial charge in [-0.3, -0.25) is 0 Å². The van der Waals surface area contributed by atoms with Crippen LogP contribution in [0.3, 0.4) is 0 Å². The van der Waals surface area contributed by atoms with Gasteiger partial charge in [-0.05, 0) is 37.5 Å². The summed E-state index contributed by atoms with van der Waals surface area (Å²) in [7, 11) is 0. The van der Waals surface area contributed by atoms with E-state index in [-0.39, 0.29) is 12.1 Å². The van der Waals surface area contributed by atoms with Crippen LogP contribution >= 0.6 is 11.6 Å². The predicted molar refractivity (Wildman–Crippen MR) is 73.4 cm³/mol. The molecule has 1 aliphatic heterocycles. The first kappa shape index (κ1) is 14.3. The van der Waals surface area contributed by atoms with Crippen LogP contribution in [0.4, 0.5) is 0 Å². The largest absolute Gasteiger partial charge is 0.479 e. The van der Waals surface area contributed by atoms with Crippen LogP contribution in [-0.2, 0) is 9.53 Å². The van der Waals surface area contributed by atoms with Gasteiger partial charge in [-0.15, -0.1) is 0 Å². The van der Waals surface area contributed by atoms with E-state index < -0.39 is 12.1 Å². The predicted octanol–water partition coefficient (Wildman–Crippen LogP) is 2.62. The third kappa shape index (κ3) is 3.93. The topological polar surface area (TPSA) is 58.6 Å². The smallest absolute Gasteiger partial charge is 0.332 e. The van der Waals surface area contributed by atoms with E-state index in [4.69, 9.17) is 21.4 Å². The van der Waals surface area contributed by atoms with Gasteiger partial charge in [0.05, 0.1) is 6.10 Å². The molecule has 1 fully saturated rings. The monoisotopic (exact) mass is 283 g/mol. The van der Waals surface area contributed by atoms with Gasteiger partial charge in [0.25, 0.3) is 0 Å². The van der Waals surface area contributed by atoms with Gasteiger partial charge in [-0.2, -0.15) is 0 Å². The highest BCUT2D eigenvalue weighted by Gasteiger charge is 2.30. The van der Waals surface area contributed by atoms with Gasteiger partial charge in [-0.1, -0.05) is 23.7 Å². The van der Waals surface area contributed by atoms with Crippen LogP contribution in [0.25, 0.3) is 0 Å². The van der Waals surface area contributed by atoms with E-state index in [1.54, 1.807) is 0 Å². The quantitative estimate of drug-likeness (QED) is 0.872. The molecule has 1 aromatic carbocycles. The summed E-state index contributed by atoms with van der Waals surface area (Å²) in [5, 5.41) is 12.9. The Hall–Kier alpha value is -1.10. The molecule has 0 amide bonds. The molecule has 0 spiro atoms. The van der Waals surface area contributed by atoms with Gasteiger partial charge < -0.3 is 15.2 Å².